The van der Waals surface area contributed by atoms with E-state index in [1.54, 1.807) is 0 Å². The summed E-state index contributed by atoms with van der Waals surface area (Å²) in [5, 5.41) is 0.902. The topological polar surface area (TPSA) is 33.2 Å². The maximum atomic E-state index is 11.3. The summed E-state index contributed by atoms with van der Waals surface area (Å²) < 4.78 is 0. The molecule has 1 atom stereocenters. The van der Waals surface area contributed by atoms with Gasteiger partial charge in [-0.1, -0.05) is 42.9 Å². The zero-order chi connectivity index (χ0) is 15.4. The number of rotatable bonds is 6. The van der Waals surface area contributed by atoms with E-state index >= 15 is 0 Å². The first kappa shape index (κ1) is 15.7. The van der Waals surface area contributed by atoms with E-state index in [0.29, 0.717) is 5.92 Å². The Balaban J connectivity index is 2.40. The molecule has 0 aliphatic carbocycles. The third-order valence-corrected chi connectivity index (χ3v) is 4.77. The zero-order valence-electron chi connectivity index (χ0n) is 13.1. The van der Waals surface area contributed by atoms with Gasteiger partial charge in [0, 0.05) is 12.2 Å². The van der Waals surface area contributed by atoms with Gasteiger partial charge in [-0.15, -0.1) is 0 Å². The van der Waals surface area contributed by atoms with Gasteiger partial charge in [-0.25, -0.2) is 4.98 Å². The van der Waals surface area contributed by atoms with Crippen LogP contribution in [0.4, 0.5) is 10.8 Å². The molecular formula is C17H22N2OS. The van der Waals surface area contributed by atoms with E-state index in [1.165, 1.54) is 16.9 Å². The number of aromatic nitrogens is 1. The van der Waals surface area contributed by atoms with E-state index in [4.69, 9.17) is 4.98 Å². The summed E-state index contributed by atoms with van der Waals surface area (Å²) in [5.41, 5.74) is 3.28. The zero-order valence-corrected chi connectivity index (χ0v) is 13.9. The summed E-state index contributed by atoms with van der Waals surface area (Å²) in [6, 6.07) is 8.40. The lowest BCUT2D eigenvalue weighted by Crippen LogP contribution is -2.15. The van der Waals surface area contributed by atoms with Crippen LogP contribution in [-0.4, -0.2) is 17.8 Å². The lowest BCUT2D eigenvalue weighted by molar-refractivity contribution is 0.112. The van der Waals surface area contributed by atoms with Crippen molar-refractivity contribution < 1.29 is 4.79 Å². The largest absolute Gasteiger partial charge is 0.318 e. The Labute approximate surface area is 130 Å². The van der Waals surface area contributed by atoms with Crippen LogP contribution in [0.1, 0.15) is 54.0 Å². The van der Waals surface area contributed by atoms with Crippen LogP contribution >= 0.6 is 11.3 Å². The number of anilines is 2. The fourth-order valence-corrected chi connectivity index (χ4v) is 3.32. The van der Waals surface area contributed by atoms with Crippen molar-refractivity contribution in [2.45, 2.75) is 40.0 Å². The highest BCUT2D eigenvalue weighted by Crippen LogP contribution is 2.34. The summed E-state index contributed by atoms with van der Waals surface area (Å²) in [7, 11) is 0. The van der Waals surface area contributed by atoms with Crippen LogP contribution < -0.4 is 4.90 Å². The van der Waals surface area contributed by atoms with Crippen molar-refractivity contribution in [1.82, 2.24) is 4.98 Å². The summed E-state index contributed by atoms with van der Waals surface area (Å²) in [6.07, 6.45) is 1.92. The second-order valence-electron chi connectivity index (χ2n) is 5.25. The van der Waals surface area contributed by atoms with Crippen LogP contribution in [0, 0.1) is 6.92 Å². The number of carbonyl (C=O) groups is 1. The molecule has 0 spiro atoms. The van der Waals surface area contributed by atoms with Crippen LogP contribution in [-0.2, 0) is 0 Å². The van der Waals surface area contributed by atoms with E-state index in [1.807, 2.05) is 0 Å². The third-order valence-electron chi connectivity index (χ3n) is 3.75. The highest BCUT2D eigenvalue weighted by Gasteiger charge is 2.19. The van der Waals surface area contributed by atoms with Crippen LogP contribution in [0.2, 0.25) is 0 Å². The van der Waals surface area contributed by atoms with Crippen molar-refractivity contribution in [2.24, 2.45) is 0 Å². The van der Waals surface area contributed by atoms with Crippen LogP contribution in [0.15, 0.2) is 24.3 Å². The van der Waals surface area contributed by atoms with Gasteiger partial charge >= 0.3 is 0 Å². The average Bonchev–Trinajstić information content (AvgIpc) is 2.93. The van der Waals surface area contributed by atoms with Gasteiger partial charge in [0.1, 0.15) is 0 Å². The van der Waals surface area contributed by atoms with E-state index in [0.717, 1.165) is 40.6 Å². The van der Waals surface area contributed by atoms with E-state index < -0.39 is 0 Å². The Morgan fingerprint density at radius 2 is 1.95 bits per heavy atom. The molecule has 4 heteroatoms. The summed E-state index contributed by atoms with van der Waals surface area (Å²) in [5.74, 6) is 0.312. The molecule has 0 fully saturated rings. The minimum absolute atomic E-state index is 0.312. The Morgan fingerprint density at radius 1 is 1.29 bits per heavy atom. The average molecular weight is 302 g/mol. The molecule has 0 N–H and O–H groups in total. The second-order valence-corrected chi connectivity index (χ2v) is 6.26. The van der Waals surface area contributed by atoms with Gasteiger partial charge in [0.15, 0.2) is 11.4 Å². The molecule has 0 amide bonds. The molecule has 1 unspecified atom stereocenters. The van der Waals surface area contributed by atoms with Crippen molar-refractivity contribution in [3.8, 4) is 0 Å². The molecule has 3 nitrogen and oxygen atoms in total. The number of benzene rings is 1. The molecular weight excluding hydrogens is 280 g/mol. The van der Waals surface area contributed by atoms with Gasteiger partial charge in [-0.2, -0.15) is 0 Å². The third kappa shape index (κ3) is 3.32. The molecule has 21 heavy (non-hydrogen) atoms. The van der Waals surface area contributed by atoms with Crippen LogP contribution in [0.5, 0.6) is 0 Å². The van der Waals surface area contributed by atoms with Crippen LogP contribution in [0.3, 0.4) is 0 Å². The Kier molecular flexibility index (Phi) is 5.12. The molecule has 1 aromatic heterocycles. The SMILES string of the molecule is CCC(C)c1nc(N(CC)c2ccc(C)cc2)sc1C=O. The van der Waals surface area contributed by atoms with Gasteiger partial charge in [-0.05, 0) is 38.3 Å². The number of hydrogen-bond acceptors (Lipinski definition) is 4. The van der Waals surface area contributed by atoms with E-state index in [2.05, 4.69) is 56.9 Å². The number of aldehydes is 1. The molecule has 0 aliphatic heterocycles. The molecule has 1 aromatic carbocycles. The van der Waals surface area contributed by atoms with Crippen molar-refractivity contribution in [2.75, 3.05) is 11.4 Å². The molecule has 0 aliphatic rings. The van der Waals surface area contributed by atoms with E-state index in [9.17, 15) is 4.79 Å². The smallest absolute Gasteiger partial charge is 0.190 e. The minimum atomic E-state index is 0.312. The first-order valence-corrected chi connectivity index (χ1v) is 8.22. The first-order valence-electron chi connectivity index (χ1n) is 7.40. The van der Waals surface area contributed by atoms with Gasteiger partial charge in [0.05, 0.1) is 10.6 Å². The molecule has 0 saturated carbocycles. The standard InChI is InChI=1S/C17H22N2OS/c1-5-13(4)16-15(11-20)21-17(18-16)19(6-2)14-9-7-12(3)8-10-14/h7-11,13H,5-6H2,1-4H3. The van der Waals surface area contributed by atoms with Crippen molar-refractivity contribution in [1.29, 1.82) is 0 Å². The maximum absolute atomic E-state index is 11.3. The molecule has 0 saturated heterocycles. The molecule has 2 aromatic rings. The number of carbonyl (C=O) groups excluding carboxylic acids is 1. The monoisotopic (exact) mass is 302 g/mol. The van der Waals surface area contributed by atoms with Gasteiger partial charge < -0.3 is 4.90 Å². The fraction of sp³-hybridized carbons (Fsp3) is 0.412. The highest BCUT2D eigenvalue weighted by atomic mass is 32.1. The van der Waals surface area contributed by atoms with Gasteiger partial charge in [0.2, 0.25) is 0 Å². The number of hydrogen-bond donors (Lipinski definition) is 0. The number of nitrogens with zero attached hydrogens (tertiary/aromatic N) is 2. The van der Waals surface area contributed by atoms with Crippen molar-refractivity contribution in [3.63, 3.8) is 0 Å². The predicted molar refractivity (Wildman–Crippen MR) is 90.1 cm³/mol. The molecule has 0 bridgehead atoms. The van der Waals surface area contributed by atoms with Gasteiger partial charge in [0.25, 0.3) is 0 Å². The van der Waals surface area contributed by atoms with Crippen molar-refractivity contribution in [3.05, 3.63) is 40.4 Å². The normalized spacial score (nSPS) is 12.2. The summed E-state index contributed by atoms with van der Waals surface area (Å²) >= 11 is 1.48. The number of thiazole rings is 1. The molecule has 0 radical (unpaired) electrons. The minimum Gasteiger partial charge on any atom is -0.318 e. The van der Waals surface area contributed by atoms with Crippen LogP contribution in [0.25, 0.3) is 0 Å². The predicted octanol–water partition coefficient (Wildman–Crippen LogP) is 4.94. The van der Waals surface area contributed by atoms with Gasteiger partial charge in [-0.3, -0.25) is 4.79 Å². The Morgan fingerprint density at radius 3 is 2.48 bits per heavy atom. The molecule has 1 heterocycles. The lowest BCUT2D eigenvalue weighted by Gasteiger charge is -2.20. The lowest BCUT2D eigenvalue weighted by atomic mass is 10.0. The molecule has 112 valence electrons. The first-order chi connectivity index (χ1) is 10.1. The summed E-state index contributed by atoms with van der Waals surface area (Å²) in [6.45, 7) is 9.25. The summed E-state index contributed by atoms with van der Waals surface area (Å²) in [4.78, 5) is 19.0. The fourth-order valence-electron chi connectivity index (χ4n) is 2.23. The quantitative estimate of drug-likeness (QED) is 0.709. The van der Waals surface area contributed by atoms with E-state index in [-0.39, 0.29) is 0 Å². The Bertz CT molecular complexity index is 604. The second kappa shape index (κ2) is 6.85. The number of aryl methyl sites for hydroxylation is 1. The molecule has 2 rings (SSSR count). The van der Waals surface area contributed by atoms with Crippen molar-refractivity contribution >= 4 is 28.4 Å². The Hall–Kier alpha value is -1.68. The maximum Gasteiger partial charge on any atom is 0.190 e. The highest BCUT2D eigenvalue weighted by molar-refractivity contribution is 7.17.